The number of benzene rings is 1. The molecule has 0 unspecified atom stereocenters. The summed E-state index contributed by atoms with van der Waals surface area (Å²) in [7, 11) is 0.978. The number of halogens is 4. The SMILES string of the molecule is COC(=O)OCc1c(F)c(F)c(C)c(F)c1F. The highest BCUT2D eigenvalue weighted by Crippen LogP contribution is 2.24. The Hall–Kier alpha value is -1.79. The van der Waals surface area contributed by atoms with E-state index in [1.54, 1.807) is 0 Å². The van der Waals surface area contributed by atoms with E-state index in [-0.39, 0.29) is 0 Å². The number of hydrogen-bond donors (Lipinski definition) is 0. The van der Waals surface area contributed by atoms with E-state index < -0.39 is 47.2 Å². The summed E-state index contributed by atoms with van der Waals surface area (Å²) in [5.74, 6) is -6.23. The van der Waals surface area contributed by atoms with Crippen LogP contribution >= 0.6 is 0 Å². The molecule has 0 bridgehead atoms. The van der Waals surface area contributed by atoms with Crippen LogP contribution in [0.2, 0.25) is 0 Å². The van der Waals surface area contributed by atoms with E-state index in [0.717, 1.165) is 14.0 Å². The number of ether oxygens (including phenoxy) is 2. The molecule has 0 fully saturated rings. The van der Waals surface area contributed by atoms with Crippen molar-refractivity contribution in [2.24, 2.45) is 0 Å². The second kappa shape index (κ2) is 5.03. The predicted molar refractivity (Wildman–Crippen MR) is 48.2 cm³/mol. The van der Waals surface area contributed by atoms with Gasteiger partial charge in [-0.25, -0.2) is 22.4 Å². The van der Waals surface area contributed by atoms with Crippen molar-refractivity contribution in [2.75, 3.05) is 7.11 Å². The fraction of sp³-hybridized carbons (Fsp3) is 0.300. The van der Waals surface area contributed by atoms with Gasteiger partial charge in [0.15, 0.2) is 23.3 Å². The molecule has 0 aromatic heterocycles. The minimum atomic E-state index is -1.59. The third kappa shape index (κ3) is 2.48. The van der Waals surface area contributed by atoms with E-state index in [4.69, 9.17) is 0 Å². The highest BCUT2D eigenvalue weighted by molar-refractivity contribution is 5.59. The second-order valence-corrected chi connectivity index (χ2v) is 3.10. The minimum absolute atomic E-state index is 0.776. The van der Waals surface area contributed by atoms with E-state index in [1.165, 1.54) is 0 Å². The van der Waals surface area contributed by atoms with Crippen LogP contribution in [0.25, 0.3) is 0 Å². The molecule has 94 valence electrons. The molecular formula is C10H8F4O3. The van der Waals surface area contributed by atoms with Crippen molar-refractivity contribution in [3.8, 4) is 0 Å². The van der Waals surface area contributed by atoms with E-state index in [0.29, 0.717) is 0 Å². The molecule has 1 aromatic rings. The number of methoxy groups -OCH3 is 1. The first-order chi connectivity index (χ1) is 7.90. The molecule has 0 N–H and O–H groups in total. The topological polar surface area (TPSA) is 35.5 Å². The lowest BCUT2D eigenvalue weighted by Gasteiger charge is -2.09. The average Bonchev–Trinajstić information content (AvgIpc) is 2.33. The molecule has 0 spiro atoms. The molecular weight excluding hydrogens is 244 g/mol. The zero-order valence-corrected chi connectivity index (χ0v) is 8.94. The summed E-state index contributed by atoms with van der Waals surface area (Å²) in [5, 5.41) is 0. The molecule has 17 heavy (non-hydrogen) atoms. The molecule has 0 aliphatic heterocycles. The summed E-state index contributed by atoms with van der Waals surface area (Å²) in [6.45, 7) is -0.0692. The van der Waals surface area contributed by atoms with Crippen LogP contribution in [-0.2, 0) is 16.1 Å². The van der Waals surface area contributed by atoms with Crippen LogP contribution in [0, 0.1) is 30.2 Å². The summed E-state index contributed by atoms with van der Waals surface area (Å²) in [6, 6.07) is 0. The standard InChI is InChI=1S/C10H8F4O3/c1-4-6(11)8(13)5(9(14)7(4)12)3-17-10(15)16-2/h3H2,1-2H3. The van der Waals surface area contributed by atoms with Gasteiger partial charge in [-0.15, -0.1) is 0 Å². The Balaban J connectivity index is 3.12. The molecule has 0 radical (unpaired) electrons. The average molecular weight is 252 g/mol. The molecule has 0 amide bonds. The summed E-state index contributed by atoms with van der Waals surface area (Å²) < 4.78 is 60.9. The van der Waals surface area contributed by atoms with Crippen molar-refractivity contribution in [3.63, 3.8) is 0 Å². The Kier molecular flexibility index (Phi) is 3.93. The highest BCUT2D eigenvalue weighted by atomic mass is 19.2. The van der Waals surface area contributed by atoms with Gasteiger partial charge in [-0.1, -0.05) is 0 Å². The van der Waals surface area contributed by atoms with Gasteiger partial charge in [-0.2, -0.15) is 0 Å². The van der Waals surface area contributed by atoms with E-state index in [9.17, 15) is 22.4 Å². The van der Waals surface area contributed by atoms with E-state index >= 15 is 0 Å². The predicted octanol–water partition coefficient (Wildman–Crippen LogP) is 2.83. The lowest BCUT2D eigenvalue weighted by molar-refractivity contribution is 0.0648. The quantitative estimate of drug-likeness (QED) is 0.461. The van der Waals surface area contributed by atoms with Gasteiger partial charge in [-0.05, 0) is 6.92 Å². The molecule has 3 nitrogen and oxygen atoms in total. The Morgan fingerprint density at radius 1 is 1.06 bits per heavy atom. The number of rotatable bonds is 2. The zero-order valence-electron chi connectivity index (χ0n) is 8.94. The van der Waals surface area contributed by atoms with Crippen molar-refractivity contribution >= 4 is 6.16 Å². The van der Waals surface area contributed by atoms with Gasteiger partial charge < -0.3 is 9.47 Å². The molecule has 0 aliphatic carbocycles. The van der Waals surface area contributed by atoms with Gasteiger partial charge in [0.05, 0.1) is 12.7 Å². The Bertz CT molecular complexity index is 430. The largest absolute Gasteiger partial charge is 0.508 e. The summed E-state index contributed by atoms with van der Waals surface area (Å²) in [6.07, 6.45) is -1.22. The Morgan fingerprint density at radius 3 is 1.94 bits per heavy atom. The lowest BCUT2D eigenvalue weighted by atomic mass is 10.1. The maximum atomic E-state index is 13.2. The molecule has 7 heteroatoms. The van der Waals surface area contributed by atoms with Crippen molar-refractivity contribution < 1.29 is 31.8 Å². The van der Waals surface area contributed by atoms with Crippen LogP contribution in [0.5, 0.6) is 0 Å². The molecule has 0 aliphatic rings. The van der Waals surface area contributed by atoms with Gasteiger partial charge in [0.2, 0.25) is 0 Å². The summed E-state index contributed by atoms with van der Waals surface area (Å²) in [4.78, 5) is 10.6. The first-order valence-electron chi connectivity index (χ1n) is 4.42. The fourth-order valence-corrected chi connectivity index (χ4v) is 1.10. The van der Waals surface area contributed by atoms with Crippen molar-refractivity contribution in [2.45, 2.75) is 13.5 Å². The fourth-order valence-electron chi connectivity index (χ4n) is 1.10. The van der Waals surface area contributed by atoms with Crippen LogP contribution in [0.1, 0.15) is 11.1 Å². The minimum Gasteiger partial charge on any atom is -0.438 e. The van der Waals surface area contributed by atoms with Crippen LogP contribution in [0.4, 0.5) is 22.4 Å². The van der Waals surface area contributed by atoms with Crippen molar-refractivity contribution in [3.05, 3.63) is 34.4 Å². The second-order valence-electron chi connectivity index (χ2n) is 3.10. The number of carbonyl (C=O) groups is 1. The van der Waals surface area contributed by atoms with Crippen LogP contribution in [0.3, 0.4) is 0 Å². The normalized spacial score (nSPS) is 10.2. The monoisotopic (exact) mass is 252 g/mol. The van der Waals surface area contributed by atoms with Gasteiger partial charge in [0, 0.05) is 5.56 Å². The summed E-state index contributed by atoms with van der Waals surface area (Å²) in [5.41, 5.74) is -1.78. The van der Waals surface area contributed by atoms with Crippen molar-refractivity contribution in [1.29, 1.82) is 0 Å². The van der Waals surface area contributed by atoms with Crippen molar-refractivity contribution in [1.82, 2.24) is 0 Å². The molecule has 0 atom stereocenters. The Morgan fingerprint density at radius 2 is 1.53 bits per heavy atom. The maximum absolute atomic E-state index is 13.2. The lowest BCUT2D eigenvalue weighted by Crippen LogP contribution is -2.11. The molecule has 0 saturated carbocycles. The Labute approximate surface area is 93.9 Å². The third-order valence-corrected chi connectivity index (χ3v) is 2.07. The number of carbonyl (C=O) groups excluding carboxylic acids is 1. The summed E-state index contributed by atoms with van der Waals surface area (Å²) >= 11 is 0. The smallest absolute Gasteiger partial charge is 0.438 e. The molecule has 1 aromatic carbocycles. The van der Waals surface area contributed by atoms with Crippen LogP contribution in [0.15, 0.2) is 0 Å². The van der Waals surface area contributed by atoms with Crippen LogP contribution < -0.4 is 0 Å². The maximum Gasteiger partial charge on any atom is 0.508 e. The molecule has 0 saturated heterocycles. The molecule has 1 rings (SSSR count). The zero-order chi connectivity index (χ0) is 13.2. The third-order valence-electron chi connectivity index (χ3n) is 2.07. The number of hydrogen-bond acceptors (Lipinski definition) is 3. The van der Waals surface area contributed by atoms with Gasteiger partial charge in [0.25, 0.3) is 0 Å². The van der Waals surface area contributed by atoms with Gasteiger partial charge in [-0.3, -0.25) is 0 Å². The highest BCUT2D eigenvalue weighted by Gasteiger charge is 2.23. The molecule has 0 heterocycles. The first kappa shape index (κ1) is 13.3. The van der Waals surface area contributed by atoms with E-state index in [2.05, 4.69) is 9.47 Å². The van der Waals surface area contributed by atoms with Gasteiger partial charge in [0.1, 0.15) is 6.61 Å². The van der Waals surface area contributed by atoms with Crippen LogP contribution in [-0.4, -0.2) is 13.3 Å². The van der Waals surface area contributed by atoms with E-state index in [1.807, 2.05) is 0 Å². The first-order valence-corrected chi connectivity index (χ1v) is 4.42. The van der Waals surface area contributed by atoms with Gasteiger partial charge >= 0.3 is 6.16 Å².